The third-order valence-corrected chi connectivity index (χ3v) is 6.87. The molecule has 0 saturated carbocycles. The van der Waals surface area contributed by atoms with Gasteiger partial charge in [-0.05, 0) is 24.6 Å². The van der Waals surface area contributed by atoms with Gasteiger partial charge in [0.25, 0.3) is 0 Å². The summed E-state index contributed by atoms with van der Waals surface area (Å²) >= 11 is 1.15. The molecular formula is C25H20F3N5OS. The molecule has 6 nitrogen and oxygen atoms in total. The molecule has 2 atom stereocenters. The minimum absolute atomic E-state index is 0.287. The Bertz CT molecular complexity index is 1360. The van der Waals surface area contributed by atoms with Crippen molar-refractivity contribution in [3.8, 4) is 11.4 Å². The van der Waals surface area contributed by atoms with Gasteiger partial charge in [-0.1, -0.05) is 84.1 Å². The summed E-state index contributed by atoms with van der Waals surface area (Å²) < 4.78 is 42.2. The molecule has 3 aromatic carbocycles. The maximum Gasteiger partial charge on any atom is 0.418 e. The number of alkyl halides is 3. The fourth-order valence-corrected chi connectivity index (χ4v) is 4.98. The standard InChI is InChI=1S/C25H20F3N5OS/c1-15-11-13-16(14-12-15)20-21(23(34)29-19-10-6-5-9-18(19)25(26,27)28)35-24-31-30-22(33(24)32-20)17-7-3-2-4-8-17/h2-14,20-21,32H,1H3,(H,29,34). The predicted molar refractivity (Wildman–Crippen MR) is 128 cm³/mol. The number of thioether (sulfide) groups is 1. The fourth-order valence-electron chi connectivity index (χ4n) is 3.90. The number of anilines is 1. The number of carbonyl (C=O) groups is 1. The first-order valence-corrected chi connectivity index (χ1v) is 11.7. The lowest BCUT2D eigenvalue weighted by Gasteiger charge is -2.33. The molecule has 5 rings (SSSR count). The van der Waals surface area contributed by atoms with Gasteiger partial charge in [-0.15, -0.1) is 10.2 Å². The Kier molecular flexibility index (Phi) is 5.98. The van der Waals surface area contributed by atoms with E-state index in [0.29, 0.717) is 11.0 Å². The molecule has 1 aromatic heterocycles. The minimum Gasteiger partial charge on any atom is -0.324 e. The summed E-state index contributed by atoms with van der Waals surface area (Å²) in [7, 11) is 0. The number of nitrogens with zero attached hydrogens (tertiary/aromatic N) is 3. The molecule has 0 bridgehead atoms. The number of hydrogen-bond acceptors (Lipinski definition) is 5. The zero-order valence-electron chi connectivity index (χ0n) is 18.5. The quantitative estimate of drug-likeness (QED) is 0.382. The predicted octanol–water partition coefficient (Wildman–Crippen LogP) is 5.67. The van der Waals surface area contributed by atoms with Crippen molar-refractivity contribution >= 4 is 23.4 Å². The van der Waals surface area contributed by atoms with E-state index in [2.05, 4.69) is 20.9 Å². The van der Waals surface area contributed by atoms with Crippen molar-refractivity contribution in [2.24, 2.45) is 0 Å². The normalized spacial score (nSPS) is 17.4. The van der Waals surface area contributed by atoms with E-state index >= 15 is 0 Å². The van der Waals surface area contributed by atoms with Crippen molar-refractivity contribution in [3.05, 3.63) is 95.6 Å². The molecule has 35 heavy (non-hydrogen) atoms. The topological polar surface area (TPSA) is 71.8 Å². The highest BCUT2D eigenvalue weighted by atomic mass is 32.2. The number of benzene rings is 3. The SMILES string of the molecule is Cc1ccc(C2Nn3c(nnc3-c3ccccc3)SC2C(=O)Nc2ccccc2C(F)(F)F)cc1. The van der Waals surface area contributed by atoms with Crippen LogP contribution < -0.4 is 10.7 Å². The van der Waals surface area contributed by atoms with E-state index in [-0.39, 0.29) is 5.69 Å². The number of halogens is 3. The van der Waals surface area contributed by atoms with Crippen LogP contribution in [0.15, 0.2) is 84.0 Å². The average Bonchev–Trinajstić information content (AvgIpc) is 3.27. The second-order valence-corrected chi connectivity index (χ2v) is 9.20. The van der Waals surface area contributed by atoms with Crippen molar-refractivity contribution < 1.29 is 18.0 Å². The largest absolute Gasteiger partial charge is 0.418 e. The Labute approximate surface area is 203 Å². The van der Waals surface area contributed by atoms with Crippen LogP contribution in [0.4, 0.5) is 18.9 Å². The molecule has 2 heterocycles. The lowest BCUT2D eigenvalue weighted by Crippen LogP contribution is -2.41. The highest BCUT2D eigenvalue weighted by molar-refractivity contribution is 8.00. The van der Waals surface area contributed by atoms with E-state index < -0.39 is 28.9 Å². The van der Waals surface area contributed by atoms with Crippen LogP contribution in [0.2, 0.25) is 0 Å². The Hall–Kier alpha value is -3.79. The molecule has 2 N–H and O–H groups in total. The number of fused-ring (bicyclic) bond motifs is 1. The lowest BCUT2D eigenvalue weighted by molar-refractivity contribution is -0.137. The zero-order valence-corrected chi connectivity index (χ0v) is 19.3. The number of hydrogen-bond donors (Lipinski definition) is 2. The molecule has 0 radical (unpaired) electrons. The molecule has 0 saturated heterocycles. The van der Waals surface area contributed by atoms with Gasteiger partial charge in [0.05, 0.1) is 17.3 Å². The molecule has 2 unspecified atom stereocenters. The molecule has 10 heteroatoms. The zero-order chi connectivity index (χ0) is 24.6. The van der Waals surface area contributed by atoms with Crippen molar-refractivity contribution in [1.29, 1.82) is 0 Å². The molecular weight excluding hydrogens is 475 g/mol. The van der Waals surface area contributed by atoms with E-state index in [0.717, 1.165) is 34.5 Å². The number of aryl methyl sites for hydroxylation is 1. The second-order valence-electron chi connectivity index (χ2n) is 8.10. The first-order valence-electron chi connectivity index (χ1n) is 10.8. The maximum atomic E-state index is 13.5. The van der Waals surface area contributed by atoms with Crippen molar-refractivity contribution in [1.82, 2.24) is 14.9 Å². The summed E-state index contributed by atoms with van der Waals surface area (Å²) in [6.07, 6.45) is -4.59. The highest BCUT2D eigenvalue weighted by Crippen LogP contribution is 2.40. The molecule has 1 aliphatic heterocycles. The van der Waals surface area contributed by atoms with Crippen LogP contribution in [0, 0.1) is 6.92 Å². The van der Waals surface area contributed by atoms with Crippen LogP contribution in [0.1, 0.15) is 22.7 Å². The van der Waals surface area contributed by atoms with Crippen LogP contribution in [-0.4, -0.2) is 26.0 Å². The Morgan fingerprint density at radius 3 is 2.37 bits per heavy atom. The summed E-state index contributed by atoms with van der Waals surface area (Å²) in [6, 6.07) is 21.5. The van der Waals surface area contributed by atoms with E-state index in [1.807, 2.05) is 61.5 Å². The first-order chi connectivity index (χ1) is 16.8. The Morgan fingerprint density at radius 1 is 0.971 bits per heavy atom. The van der Waals surface area contributed by atoms with E-state index in [4.69, 9.17) is 0 Å². The number of nitrogens with one attached hydrogen (secondary N) is 2. The second kappa shape index (κ2) is 9.10. The van der Waals surface area contributed by atoms with Crippen LogP contribution >= 0.6 is 11.8 Å². The van der Waals surface area contributed by atoms with E-state index in [1.54, 1.807) is 4.68 Å². The smallest absolute Gasteiger partial charge is 0.324 e. The first kappa shape index (κ1) is 23.0. The Morgan fingerprint density at radius 2 is 1.66 bits per heavy atom. The van der Waals surface area contributed by atoms with Crippen LogP contribution in [0.5, 0.6) is 0 Å². The molecule has 4 aromatic rings. The third kappa shape index (κ3) is 4.61. The summed E-state index contributed by atoms with van der Waals surface area (Å²) in [4.78, 5) is 13.4. The minimum atomic E-state index is -4.59. The number of amides is 1. The molecule has 0 fully saturated rings. The van der Waals surface area contributed by atoms with Crippen LogP contribution in [-0.2, 0) is 11.0 Å². The summed E-state index contributed by atoms with van der Waals surface area (Å²) in [5.41, 5.74) is 4.84. The lowest BCUT2D eigenvalue weighted by atomic mass is 10.0. The Balaban J connectivity index is 1.52. The molecule has 1 aliphatic rings. The molecule has 178 valence electrons. The highest BCUT2D eigenvalue weighted by Gasteiger charge is 2.39. The van der Waals surface area contributed by atoms with Gasteiger partial charge in [0, 0.05) is 5.56 Å². The van der Waals surface area contributed by atoms with Gasteiger partial charge in [0.1, 0.15) is 5.25 Å². The van der Waals surface area contributed by atoms with E-state index in [9.17, 15) is 18.0 Å². The van der Waals surface area contributed by atoms with Crippen molar-refractivity contribution in [2.75, 3.05) is 10.7 Å². The van der Waals surface area contributed by atoms with Crippen molar-refractivity contribution in [2.45, 2.75) is 29.5 Å². The van der Waals surface area contributed by atoms with Gasteiger partial charge < -0.3 is 10.7 Å². The summed E-state index contributed by atoms with van der Waals surface area (Å²) in [5.74, 6) is 0.00627. The summed E-state index contributed by atoms with van der Waals surface area (Å²) in [6.45, 7) is 1.95. The number of para-hydroxylation sites is 1. The van der Waals surface area contributed by atoms with Crippen LogP contribution in [0.25, 0.3) is 11.4 Å². The number of aromatic nitrogens is 3. The third-order valence-electron chi connectivity index (χ3n) is 5.65. The monoisotopic (exact) mass is 495 g/mol. The summed E-state index contributed by atoms with van der Waals surface area (Å²) in [5, 5.41) is 10.6. The van der Waals surface area contributed by atoms with Gasteiger partial charge in [0.2, 0.25) is 11.1 Å². The number of carbonyl (C=O) groups excluding carboxylic acids is 1. The van der Waals surface area contributed by atoms with Gasteiger partial charge in [0.15, 0.2) is 5.82 Å². The average molecular weight is 496 g/mol. The maximum absolute atomic E-state index is 13.5. The molecule has 0 aliphatic carbocycles. The van der Waals surface area contributed by atoms with Crippen molar-refractivity contribution in [3.63, 3.8) is 0 Å². The van der Waals surface area contributed by atoms with Gasteiger partial charge in [-0.3, -0.25) is 4.79 Å². The van der Waals surface area contributed by atoms with Gasteiger partial charge in [-0.2, -0.15) is 13.2 Å². The van der Waals surface area contributed by atoms with Crippen LogP contribution in [0.3, 0.4) is 0 Å². The molecule has 0 spiro atoms. The number of rotatable bonds is 4. The molecule has 1 amide bonds. The van der Waals surface area contributed by atoms with Gasteiger partial charge in [-0.25, -0.2) is 4.68 Å². The fraction of sp³-hybridized carbons (Fsp3) is 0.160. The van der Waals surface area contributed by atoms with Gasteiger partial charge >= 0.3 is 6.18 Å². The van der Waals surface area contributed by atoms with E-state index in [1.165, 1.54) is 18.2 Å².